The molecule has 0 fully saturated rings. The molecular formula is C16H14N2O3. The van der Waals surface area contributed by atoms with E-state index in [0.717, 1.165) is 0 Å². The van der Waals surface area contributed by atoms with Gasteiger partial charge in [-0.2, -0.15) is 5.26 Å². The van der Waals surface area contributed by atoms with Crippen molar-refractivity contribution >= 4 is 11.6 Å². The molecule has 0 atom stereocenters. The smallest absolute Gasteiger partial charge is 0.229 e. The van der Waals surface area contributed by atoms with Crippen LogP contribution in [-0.2, 0) is 11.2 Å². The zero-order chi connectivity index (χ0) is 15.2. The number of hydrogen-bond acceptors (Lipinski definition) is 4. The van der Waals surface area contributed by atoms with Crippen LogP contribution in [0.3, 0.4) is 0 Å². The van der Waals surface area contributed by atoms with Crippen LogP contribution in [0.4, 0.5) is 5.69 Å². The van der Waals surface area contributed by atoms with E-state index in [4.69, 9.17) is 10.00 Å². The summed E-state index contributed by atoms with van der Waals surface area (Å²) in [7, 11) is 1.47. The minimum Gasteiger partial charge on any atom is -0.508 e. The van der Waals surface area contributed by atoms with Gasteiger partial charge in [0.1, 0.15) is 11.5 Å². The molecule has 0 aromatic heterocycles. The van der Waals surface area contributed by atoms with Crippen LogP contribution in [0.25, 0.3) is 0 Å². The fourth-order valence-electron chi connectivity index (χ4n) is 1.89. The highest BCUT2D eigenvalue weighted by Gasteiger charge is 2.11. The topological polar surface area (TPSA) is 82.3 Å². The van der Waals surface area contributed by atoms with Crippen LogP contribution in [0.2, 0.25) is 0 Å². The van der Waals surface area contributed by atoms with Crippen LogP contribution in [0.5, 0.6) is 11.5 Å². The normalized spacial score (nSPS) is 9.71. The molecule has 5 heteroatoms. The molecule has 1 amide bonds. The average molecular weight is 282 g/mol. The largest absolute Gasteiger partial charge is 0.508 e. The molecule has 5 nitrogen and oxygen atoms in total. The Bertz CT molecular complexity index is 705. The van der Waals surface area contributed by atoms with E-state index in [-0.39, 0.29) is 18.1 Å². The van der Waals surface area contributed by atoms with Gasteiger partial charge in [-0.15, -0.1) is 0 Å². The van der Waals surface area contributed by atoms with Crippen molar-refractivity contribution in [3.63, 3.8) is 0 Å². The Morgan fingerprint density at radius 1 is 1.33 bits per heavy atom. The molecule has 106 valence electrons. The van der Waals surface area contributed by atoms with Gasteiger partial charge in [0.2, 0.25) is 5.91 Å². The van der Waals surface area contributed by atoms with Crippen molar-refractivity contribution in [1.29, 1.82) is 5.26 Å². The number of aromatic hydroxyl groups is 1. The number of nitrogens with zero attached hydrogens (tertiary/aromatic N) is 1. The molecule has 21 heavy (non-hydrogen) atoms. The highest BCUT2D eigenvalue weighted by Crippen LogP contribution is 2.26. The summed E-state index contributed by atoms with van der Waals surface area (Å²) in [4.78, 5) is 12.0. The summed E-state index contributed by atoms with van der Waals surface area (Å²) in [5.74, 6) is 0.221. The number of amides is 1. The van der Waals surface area contributed by atoms with Gasteiger partial charge in [0.25, 0.3) is 0 Å². The number of hydrogen-bond donors (Lipinski definition) is 2. The second-order valence-corrected chi connectivity index (χ2v) is 4.38. The summed E-state index contributed by atoms with van der Waals surface area (Å²) >= 11 is 0. The van der Waals surface area contributed by atoms with Gasteiger partial charge in [-0.25, -0.2) is 0 Å². The lowest BCUT2D eigenvalue weighted by Gasteiger charge is -2.11. The number of phenols is 1. The SMILES string of the molecule is COc1cc(C#N)ccc1NC(=O)Cc1ccccc1O. The number of benzene rings is 2. The second kappa shape index (κ2) is 6.44. The van der Waals surface area contributed by atoms with E-state index >= 15 is 0 Å². The molecule has 0 spiro atoms. The van der Waals surface area contributed by atoms with E-state index in [1.165, 1.54) is 13.2 Å². The van der Waals surface area contributed by atoms with Crippen LogP contribution in [-0.4, -0.2) is 18.1 Å². The lowest BCUT2D eigenvalue weighted by molar-refractivity contribution is -0.115. The number of nitrogens with one attached hydrogen (secondary N) is 1. The minimum atomic E-state index is -0.278. The summed E-state index contributed by atoms with van der Waals surface area (Å²) in [6.07, 6.45) is 0.0514. The van der Waals surface area contributed by atoms with Crippen LogP contribution in [0.15, 0.2) is 42.5 Å². The Morgan fingerprint density at radius 3 is 2.76 bits per heavy atom. The zero-order valence-corrected chi connectivity index (χ0v) is 11.5. The quantitative estimate of drug-likeness (QED) is 0.902. The van der Waals surface area contributed by atoms with E-state index in [9.17, 15) is 9.90 Å². The lowest BCUT2D eigenvalue weighted by Crippen LogP contribution is -2.15. The Labute approximate surface area is 122 Å². The number of carbonyl (C=O) groups excluding carboxylic acids is 1. The van der Waals surface area contributed by atoms with Gasteiger partial charge >= 0.3 is 0 Å². The lowest BCUT2D eigenvalue weighted by atomic mass is 10.1. The molecule has 0 heterocycles. The third-order valence-corrected chi connectivity index (χ3v) is 2.95. The van der Waals surface area contributed by atoms with E-state index < -0.39 is 0 Å². The molecule has 0 aliphatic rings. The van der Waals surface area contributed by atoms with Crippen LogP contribution < -0.4 is 10.1 Å². The second-order valence-electron chi connectivity index (χ2n) is 4.38. The fraction of sp³-hybridized carbons (Fsp3) is 0.125. The number of para-hydroxylation sites is 1. The fourth-order valence-corrected chi connectivity index (χ4v) is 1.89. The first-order valence-corrected chi connectivity index (χ1v) is 6.29. The number of ether oxygens (including phenoxy) is 1. The number of nitriles is 1. The summed E-state index contributed by atoms with van der Waals surface area (Å²) in [5.41, 5.74) is 1.48. The maximum atomic E-state index is 12.0. The van der Waals surface area contributed by atoms with Gasteiger partial charge in [-0.05, 0) is 18.2 Å². The van der Waals surface area contributed by atoms with E-state index in [2.05, 4.69) is 5.32 Å². The van der Waals surface area contributed by atoms with Crippen molar-refractivity contribution in [1.82, 2.24) is 0 Å². The summed E-state index contributed by atoms with van der Waals surface area (Å²) < 4.78 is 5.15. The van der Waals surface area contributed by atoms with Gasteiger partial charge in [0.15, 0.2) is 0 Å². The number of carbonyl (C=O) groups is 1. The van der Waals surface area contributed by atoms with Gasteiger partial charge < -0.3 is 15.2 Å². The number of methoxy groups -OCH3 is 1. The molecule has 0 radical (unpaired) electrons. The van der Waals surface area contributed by atoms with Gasteiger partial charge in [-0.3, -0.25) is 4.79 Å². The molecule has 0 saturated heterocycles. The van der Waals surface area contributed by atoms with Gasteiger partial charge in [0, 0.05) is 11.6 Å². The predicted molar refractivity (Wildman–Crippen MR) is 78.1 cm³/mol. The third kappa shape index (κ3) is 3.51. The van der Waals surface area contributed by atoms with Crippen LogP contribution in [0, 0.1) is 11.3 Å². The van der Waals surface area contributed by atoms with Gasteiger partial charge in [-0.1, -0.05) is 18.2 Å². The van der Waals surface area contributed by atoms with Crippen molar-refractivity contribution < 1.29 is 14.6 Å². The number of anilines is 1. The number of rotatable bonds is 4. The Balaban J connectivity index is 2.13. The van der Waals surface area contributed by atoms with E-state index in [0.29, 0.717) is 22.6 Å². The first-order valence-electron chi connectivity index (χ1n) is 6.29. The minimum absolute atomic E-state index is 0.0514. The molecule has 0 saturated carbocycles. The number of phenolic OH excluding ortho intramolecular Hbond substituents is 1. The van der Waals surface area contributed by atoms with Crippen molar-refractivity contribution in [2.75, 3.05) is 12.4 Å². The molecular weight excluding hydrogens is 268 g/mol. The molecule has 2 aromatic carbocycles. The average Bonchev–Trinajstić information content (AvgIpc) is 2.50. The third-order valence-electron chi connectivity index (χ3n) is 2.95. The Morgan fingerprint density at radius 2 is 2.10 bits per heavy atom. The molecule has 0 aliphatic heterocycles. The summed E-state index contributed by atoms with van der Waals surface area (Å²) in [6, 6.07) is 13.4. The van der Waals surface area contributed by atoms with Crippen molar-refractivity contribution in [3.05, 3.63) is 53.6 Å². The highest BCUT2D eigenvalue weighted by molar-refractivity contribution is 5.94. The standard InChI is InChI=1S/C16H14N2O3/c1-21-15-8-11(10-17)6-7-13(15)18-16(20)9-12-4-2-3-5-14(12)19/h2-8,19H,9H2,1H3,(H,18,20). The van der Waals surface area contributed by atoms with E-state index in [1.54, 1.807) is 36.4 Å². The molecule has 2 rings (SSSR count). The predicted octanol–water partition coefficient (Wildman–Crippen LogP) is 2.45. The highest BCUT2D eigenvalue weighted by atomic mass is 16.5. The van der Waals surface area contributed by atoms with Crippen LogP contribution in [0.1, 0.15) is 11.1 Å². The Hall–Kier alpha value is -3.00. The van der Waals surface area contributed by atoms with Crippen molar-refractivity contribution in [2.24, 2.45) is 0 Å². The molecule has 0 unspecified atom stereocenters. The molecule has 2 N–H and O–H groups in total. The van der Waals surface area contributed by atoms with Crippen molar-refractivity contribution in [3.8, 4) is 17.6 Å². The zero-order valence-electron chi connectivity index (χ0n) is 11.5. The van der Waals surface area contributed by atoms with Crippen molar-refractivity contribution in [2.45, 2.75) is 6.42 Å². The monoisotopic (exact) mass is 282 g/mol. The molecule has 2 aromatic rings. The van der Waals surface area contributed by atoms with Crippen LogP contribution >= 0.6 is 0 Å². The van der Waals surface area contributed by atoms with Gasteiger partial charge in [0.05, 0.1) is 30.9 Å². The maximum absolute atomic E-state index is 12.0. The summed E-state index contributed by atoms with van der Waals surface area (Å²) in [6.45, 7) is 0. The molecule has 0 aliphatic carbocycles. The Kier molecular flexibility index (Phi) is 4.42. The maximum Gasteiger partial charge on any atom is 0.229 e. The first kappa shape index (κ1) is 14.4. The summed E-state index contributed by atoms with van der Waals surface area (Å²) in [5, 5.41) is 21.2. The first-order chi connectivity index (χ1) is 10.1. The molecule has 0 bridgehead atoms. The van der Waals surface area contributed by atoms with E-state index in [1.807, 2.05) is 6.07 Å².